The van der Waals surface area contributed by atoms with E-state index in [4.69, 9.17) is 4.74 Å². The molecule has 0 aromatic heterocycles. The van der Waals surface area contributed by atoms with Crippen molar-refractivity contribution in [3.63, 3.8) is 0 Å². The fourth-order valence-corrected chi connectivity index (χ4v) is 5.34. The number of hydrogen-bond acceptors (Lipinski definition) is 6. The fourth-order valence-electron chi connectivity index (χ4n) is 3.63. The zero-order valence-electron chi connectivity index (χ0n) is 21.8. The number of amides is 2. The first-order valence-electron chi connectivity index (χ1n) is 12.5. The molecule has 2 N–H and O–H groups in total. The summed E-state index contributed by atoms with van der Waals surface area (Å²) in [6, 6.07) is 30.9. The summed E-state index contributed by atoms with van der Waals surface area (Å²) in [4.78, 5) is 24.8. The highest BCUT2D eigenvalue weighted by Crippen LogP contribution is 2.25. The van der Waals surface area contributed by atoms with Crippen LogP contribution in [0.2, 0.25) is 0 Å². The lowest BCUT2D eigenvalue weighted by atomic mass is 10.2. The monoisotopic (exact) mass is 634 g/mol. The SMILES string of the molecule is O=C(COc1ccc(/C=N\NC(=O)CN(c2ccc(Br)cc2)S(=O)(=O)c2ccccc2)cc1)NCc1ccccc1. The predicted octanol–water partition coefficient (Wildman–Crippen LogP) is 4.49. The number of sulfonamides is 1. The third kappa shape index (κ3) is 8.75. The summed E-state index contributed by atoms with van der Waals surface area (Å²) >= 11 is 3.34. The van der Waals surface area contributed by atoms with Crippen molar-refractivity contribution >= 4 is 49.7 Å². The van der Waals surface area contributed by atoms with E-state index in [1.165, 1.54) is 18.3 Å². The topological polar surface area (TPSA) is 117 Å². The number of hydrogen-bond donors (Lipinski definition) is 2. The quantitative estimate of drug-likeness (QED) is 0.176. The van der Waals surface area contributed by atoms with E-state index in [9.17, 15) is 18.0 Å². The van der Waals surface area contributed by atoms with E-state index in [1.54, 1.807) is 66.7 Å². The van der Waals surface area contributed by atoms with Gasteiger partial charge in [0.05, 0.1) is 16.8 Å². The van der Waals surface area contributed by atoms with Gasteiger partial charge in [0, 0.05) is 11.0 Å². The Morgan fingerprint density at radius 3 is 2.12 bits per heavy atom. The van der Waals surface area contributed by atoms with Gasteiger partial charge in [0.1, 0.15) is 12.3 Å². The van der Waals surface area contributed by atoms with Crippen LogP contribution in [0.25, 0.3) is 0 Å². The molecular weight excluding hydrogens is 608 g/mol. The van der Waals surface area contributed by atoms with Gasteiger partial charge in [-0.1, -0.05) is 64.5 Å². The molecule has 0 aliphatic rings. The smallest absolute Gasteiger partial charge is 0.264 e. The van der Waals surface area contributed by atoms with Gasteiger partial charge in [-0.05, 0) is 71.8 Å². The van der Waals surface area contributed by atoms with E-state index >= 15 is 0 Å². The second-order valence-electron chi connectivity index (χ2n) is 8.71. The van der Waals surface area contributed by atoms with E-state index in [2.05, 4.69) is 31.8 Å². The van der Waals surface area contributed by atoms with Crippen LogP contribution in [0, 0.1) is 0 Å². The van der Waals surface area contributed by atoms with Crippen molar-refractivity contribution in [2.75, 3.05) is 17.5 Å². The summed E-state index contributed by atoms with van der Waals surface area (Å²) in [5.74, 6) is -0.365. The zero-order chi connectivity index (χ0) is 29.1. The molecule has 11 heteroatoms. The Hall–Kier alpha value is -4.48. The normalized spacial score (nSPS) is 11.1. The van der Waals surface area contributed by atoms with Crippen molar-refractivity contribution in [2.24, 2.45) is 5.10 Å². The lowest BCUT2D eigenvalue weighted by Crippen LogP contribution is -2.39. The molecule has 4 rings (SSSR count). The summed E-state index contributed by atoms with van der Waals surface area (Å²) < 4.78 is 34.0. The van der Waals surface area contributed by atoms with Crippen molar-refractivity contribution in [3.05, 3.63) is 125 Å². The first-order valence-corrected chi connectivity index (χ1v) is 14.7. The largest absolute Gasteiger partial charge is 0.484 e. The van der Waals surface area contributed by atoms with Gasteiger partial charge in [0.15, 0.2) is 6.61 Å². The Labute approximate surface area is 247 Å². The number of nitrogens with zero attached hydrogens (tertiary/aromatic N) is 2. The Bertz CT molecular complexity index is 1580. The average Bonchev–Trinajstić information content (AvgIpc) is 3.00. The molecule has 210 valence electrons. The number of nitrogens with one attached hydrogen (secondary N) is 2. The number of carbonyl (C=O) groups is 2. The van der Waals surface area contributed by atoms with Crippen LogP contribution >= 0.6 is 15.9 Å². The van der Waals surface area contributed by atoms with Crippen molar-refractivity contribution in [1.82, 2.24) is 10.7 Å². The lowest BCUT2D eigenvalue weighted by molar-refractivity contribution is -0.123. The van der Waals surface area contributed by atoms with Crippen LogP contribution in [0.3, 0.4) is 0 Å². The third-order valence-electron chi connectivity index (χ3n) is 5.72. The summed E-state index contributed by atoms with van der Waals surface area (Å²) in [5.41, 5.74) is 4.37. The maximum atomic E-state index is 13.3. The minimum absolute atomic E-state index is 0.0650. The minimum atomic E-state index is -4.01. The molecule has 0 aliphatic heterocycles. The van der Waals surface area contributed by atoms with Crippen molar-refractivity contribution in [1.29, 1.82) is 0 Å². The highest BCUT2D eigenvalue weighted by molar-refractivity contribution is 9.10. The van der Waals surface area contributed by atoms with Crippen molar-refractivity contribution in [3.8, 4) is 5.75 Å². The van der Waals surface area contributed by atoms with Crippen LogP contribution in [0.5, 0.6) is 5.75 Å². The summed E-state index contributed by atoms with van der Waals surface area (Å²) in [6.07, 6.45) is 1.42. The molecule has 0 saturated carbocycles. The van der Waals surface area contributed by atoms with Gasteiger partial charge in [-0.25, -0.2) is 13.8 Å². The number of benzene rings is 4. The second kappa shape index (κ2) is 14.2. The van der Waals surface area contributed by atoms with Crippen LogP contribution < -0.4 is 19.8 Å². The van der Waals surface area contributed by atoms with Crippen LogP contribution in [0.15, 0.2) is 124 Å². The molecule has 0 unspecified atom stereocenters. The third-order valence-corrected chi connectivity index (χ3v) is 8.04. The highest BCUT2D eigenvalue weighted by atomic mass is 79.9. The van der Waals surface area contributed by atoms with Crippen LogP contribution in [-0.4, -0.2) is 39.6 Å². The number of ether oxygens (including phenoxy) is 1. The Kier molecular flexibility index (Phi) is 10.2. The average molecular weight is 636 g/mol. The Balaban J connectivity index is 1.31. The Morgan fingerprint density at radius 1 is 0.829 bits per heavy atom. The second-order valence-corrected chi connectivity index (χ2v) is 11.5. The van der Waals surface area contributed by atoms with Gasteiger partial charge in [-0.3, -0.25) is 13.9 Å². The van der Waals surface area contributed by atoms with E-state index in [0.717, 1.165) is 14.3 Å². The maximum Gasteiger partial charge on any atom is 0.264 e. The van der Waals surface area contributed by atoms with Gasteiger partial charge in [0.2, 0.25) is 0 Å². The summed E-state index contributed by atoms with van der Waals surface area (Å²) in [5, 5.41) is 6.75. The molecule has 0 atom stereocenters. The molecule has 0 bridgehead atoms. The molecule has 0 radical (unpaired) electrons. The van der Waals surface area contributed by atoms with Crippen molar-refractivity contribution < 1.29 is 22.7 Å². The molecule has 4 aromatic rings. The van der Waals surface area contributed by atoms with Gasteiger partial charge in [-0.15, -0.1) is 0 Å². The zero-order valence-corrected chi connectivity index (χ0v) is 24.2. The number of anilines is 1. The number of halogens is 1. The lowest BCUT2D eigenvalue weighted by Gasteiger charge is -2.23. The molecule has 0 saturated heterocycles. The first-order chi connectivity index (χ1) is 19.8. The molecule has 41 heavy (non-hydrogen) atoms. The predicted molar refractivity (Wildman–Crippen MR) is 161 cm³/mol. The molecule has 0 heterocycles. The molecule has 0 spiro atoms. The summed E-state index contributed by atoms with van der Waals surface area (Å²) in [7, 11) is -4.01. The molecule has 0 fully saturated rings. The molecule has 0 aliphatic carbocycles. The standard InChI is InChI=1S/C30H27BrN4O5S/c31-25-13-15-26(16-14-25)35(41(38,39)28-9-5-2-6-10-28)21-29(36)34-33-20-24-11-17-27(18-12-24)40-22-30(37)32-19-23-7-3-1-4-8-23/h1-18,20H,19,21-22H2,(H,32,37)(H,34,36)/b33-20-. The molecule has 2 amide bonds. The van der Waals surface area contributed by atoms with E-state index in [1.807, 2.05) is 30.3 Å². The summed E-state index contributed by atoms with van der Waals surface area (Å²) in [6.45, 7) is -0.185. The van der Waals surface area contributed by atoms with Gasteiger partial charge >= 0.3 is 0 Å². The molecular formula is C30H27BrN4O5S. The van der Waals surface area contributed by atoms with E-state index < -0.39 is 22.5 Å². The minimum Gasteiger partial charge on any atom is -0.484 e. The Morgan fingerprint density at radius 2 is 1.46 bits per heavy atom. The van der Waals surface area contributed by atoms with Gasteiger partial charge < -0.3 is 10.1 Å². The molecule has 9 nitrogen and oxygen atoms in total. The van der Waals surface area contributed by atoms with Crippen molar-refractivity contribution in [2.45, 2.75) is 11.4 Å². The van der Waals surface area contributed by atoms with Gasteiger partial charge in [0.25, 0.3) is 21.8 Å². The number of carbonyl (C=O) groups excluding carboxylic acids is 2. The number of rotatable bonds is 12. The van der Waals surface area contributed by atoms with Crippen LogP contribution in [0.1, 0.15) is 11.1 Å². The van der Waals surface area contributed by atoms with Crippen LogP contribution in [0.4, 0.5) is 5.69 Å². The highest BCUT2D eigenvalue weighted by Gasteiger charge is 2.27. The van der Waals surface area contributed by atoms with Gasteiger partial charge in [-0.2, -0.15) is 5.10 Å². The maximum absolute atomic E-state index is 13.3. The van der Waals surface area contributed by atoms with E-state index in [0.29, 0.717) is 23.5 Å². The van der Waals surface area contributed by atoms with Crippen LogP contribution in [-0.2, 0) is 26.2 Å². The first kappa shape index (κ1) is 29.5. The number of hydrazone groups is 1. The molecule has 4 aromatic carbocycles. The van der Waals surface area contributed by atoms with E-state index in [-0.39, 0.29) is 17.4 Å². The fraction of sp³-hybridized carbons (Fsp3) is 0.100.